The van der Waals surface area contributed by atoms with Crippen LogP contribution in [0.4, 0.5) is 5.69 Å². The van der Waals surface area contributed by atoms with Crippen molar-refractivity contribution in [2.24, 2.45) is 0 Å². The van der Waals surface area contributed by atoms with Crippen molar-refractivity contribution in [3.05, 3.63) is 75.6 Å². The molecule has 2 aliphatic rings. The van der Waals surface area contributed by atoms with Crippen molar-refractivity contribution in [3.8, 4) is 0 Å². The van der Waals surface area contributed by atoms with Crippen molar-refractivity contribution >= 4 is 11.7 Å². The topological polar surface area (TPSA) is 83.7 Å². The van der Waals surface area contributed by atoms with Crippen LogP contribution in [-0.4, -0.2) is 27.4 Å². The third kappa shape index (κ3) is 1.92. The molecular formula is C16H14N2O4. The normalized spacial score (nSPS) is 22.9. The lowest BCUT2D eigenvalue weighted by Gasteiger charge is -2.26. The van der Waals surface area contributed by atoms with E-state index in [1.807, 2.05) is 11.0 Å². The van der Waals surface area contributed by atoms with Crippen molar-refractivity contribution in [1.82, 2.24) is 4.90 Å². The van der Waals surface area contributed by atoms with Crippen molar-refractivity contribution < 1.29 is 14.8 Å². The molecule has 1 aromatic carbocycles. The van der Waals surface area contributed by atoms with Crippen molar-refractivity contribution in [2.45, 2.75) is 12.3 Å². The summed E-state index contributed by atoms with van der Waals surface area (Å²) < 4.78 is 0. The Morgan fingerprint density at radius 3 is 2.77 bits per heavy atom. The van der Waals surface area contributed by atoms with E-state index in [-0.39, 0.29) is 11.3 Å². The van der Waals surface area contributed by atoms with Gasteiger partial charge in [0.15, 0.2) is 0 Å². The molecule has 0 aliphatic carbocycles. The maximum absolute atomic E-state index is 11.8. The largest absolute Gasteiger partial charge is 0.478 e. The van der Waals surface area contributed by atoms with Crippen molar-refractivity contribution in [3.63, 3.8) is 0 Å². The van der Waals surface area contributed by atoms with E-state index in [0.29, 0.717) is 17.8 Å². The summed E-state index contributed by atoms with van der Waals surface area (Å²) in [6, 6.07) is 6.32. The smallest absolute Gasteiger partial charge is 0.334 e. The Kier molecular flexibility index (Phi) is 3.09. The number of nitro benzene ring substituents is 1. The number of hydrogen-bond acceptors (Lipinski definition) is 4. The van der Waals surface area contributed by atoms with Gasteiger partial charge in [0, 0.05) is 24.4 Å². The molecule has 2 heterocycles. The molecular weight excluding hydrogens is 284 g/mol. The molecule has 0 saturated carbocycles. The van der Waals surface area contributed by atoms with Gasteiger partial charge in [0.25, 0.3) is 5.69 Å². The predicted octanol–water partition coefficient (Wildman–Crippen LogP) is 2.59. The van der Waals surface area contributed by atoms with Crippen LogP contribution < -0.4 is 0 Å². The minimum Gasteiger partial charge on any atom is -0.478 e. The van der Waals surface area contributed by atoms with Crippen molar-refractivity contribution in [1.29, 1.82) is 0 Å². The fraction of sp³-hybridized carbons (Fsp3) is 0.188. The fourth-order valence-electron chi connectivity index (χ4n) is 3.21. The minimum atomic E-state index is -1.06. The number of para-hydroxylation sites is 1. The summed E-state index contributed by atoms with van der Waals surface area (Å²) in [5.41, 5.74) is 0.167. The Labute approximate surface area is 126 Å². The number of rotatable bonds is 3. The van der Waals surface area contributed by atoms with Crippen LogP contribution in [0.15, 0.2) is 60.0 Å². The van der Waals surface area contributed by atoms with E-state index in [1.54, 1.807) is 43.5 Å². The zero-order valence-electron chi connectivity index (χ0n) is 11.9. The summed E-state index contributed by atoms with van der Waals surface area (Å²) >= 11 is 0. The first kappa shape index (κ1) is 14.1. The van der Waals surface area contributed by atoms with Gasteiger partial charge >= 0.3 is 5.97 Å². The number of nitro groups is 1. The standard InChI is InChI=1S/C16H14N2O4/c1-16(11-6-2-3-7-12(11)18(21)22)10-17-9-5-4-8-13(17)14(16)15(19)20/h2-9H,10H2,1H3,(H,19,20). The Bertz CT molecular complexity index is 763. The molecule has 1 aromatic rings. The lowest BCUT2D eigenvalue weighted by Crippen LogP contribution is -2.32. The Morgan fingerprint density at radius 2 is 2.09 bits per heavy atom. The lowest BCUT2D eigenvalue weighted by atomic mass is 9.76. The van der Waals surface area contributed by atoms with Crippen LogP contribution >= 0.6 is 0 Å². The fourth-order valence-corrected chi connectivity index (χ4v) is 3.21. The van der Waals surface area contributed by atoms with Gasteiger partial charge < -0.3 is 10.0 Å². The first-order chi connectivity index (χ1) is 10.4. The van der Waals surface area contributed by atoms with Gasteiger partial charge in [-0.05, 0) is 19.1 Å². The Hall–Kier alpha value is -2.89. The van der Waals surface area contributed by atoms with E-state index in [2.05, 4.69) is 0 Å². The predicted molar refractivity (Wildman–Crippen MR) is 80.1 cm³/mol. The van der Waals surface area contributed by atoms with Gasteiger partial charge in [-0.2, -0.15) is 0 Å². The number of carboxylic acids is 1. The van der Waals surface area contributed by atoms with Gasteiger partial charge in [-0.15, -0.1) is 0 Å². The zero-order chi connectivity index (χ0) is 15.9. The van der Waals surface area contributed by atoms with Gasteiger partial charge in [-0.1, -0.05) is 24.3 Å². The molecule has 6 nitrogen and oxygen atoms in total. The van der Waals surface area contributed by atoms with Crippen LogP contribution in [0.3, 0.4) is 0 Å². The number of aliphatic carboxylic acids is 1. The van der Waals surface area contributed by atoms with E-state index in [1.165, 1.54) is 6.07 Å². The third-order valence-electron chi connectivity index (χ3n) is 4.14. The Balaban J connectivity index is 2.24. The minimum absolute atomic E-state index is 0.0582. The number of carbonyl (C=O) groups is 1. The second-order valence-electron chi connectivity index (χ2n) is 5.50. The highest BCUT2D eigenvalue weighted by molar-refractivity contribution is 5.93. The van der Waals surface area contributed by atoms with Crippen LogP contribution in [0.2, 0.25) is 0 Å². The van der Waals surface area contributed by atoms with Crippen LogP contribution in [0.5, 0.6) is 0 Å². The average Bonchev–Trinajstić information content (AvgIpc) is 2.80. The van der Waals surface area contributed by atoms with Gasteiger partial charge in [0.05, 0.1) is 21.6 Å². The third-order valence-corrected chi connectivity index (χ3v) is 4.14. The summed E-state index contributed by atoms with van der Waals surface area (Å²) in [5, 5.41) is 21.0. The second kappa shape index (κ2) is 4.84. The molecule has 0 aromatic heterocycles. The number of allylic oxidation sites excluding steroid dienone is 3. The molecule has 6 heteroatoms. The van der Waals surface area contributed by atoms with Gasteiger partial charge in [-0.3, -0.25) is 10.1 Å². The average molecular weight is 298 g/mol. The highest BCUT2D eigenvalue weighted by Crippen LogP contribution is 2.45. The molecule has 0 fully saturated rings. The first-order valence-corrected chi connectivity index (χ1v) is 6.78. The molecule has 0 bridgehead atoms. The molecule has 0 amide bonds. The molecule has 0 spiro atoms. The number of fused-ring (bicyclic) bond motifs is 1. The molecule has 1 N–H and O–H groups in total. The van der Waals surface area contributed by atoms with Crippen LogP contribution in [0, 0.1) is 10.1 Å². The van der Waals surface area contributed by atoms with Gasteiger partial charge in [0.2, 0.25) is 0 Å². The summed E-state index contributed by atoms with van der Waals surface area (Å²) in [7, 11) is 0. The van der Waals surface area contributed by atoms with Crippen LogP contribution in [0.25, 0.3) is 0 Å². The molecule has 0 saturated heterocycles. The van der Waals surface area contributed by atoms with Gasteiger partial charge in [0.1, 0.15) is 0 Å². The molecule has 22 heavy (non-hydrogen) atoms. The zero-order valence-corrected chi connectivity index (χ0v) is 11.9. The number of carboxylic acid groups (broad SMARTS) is 1. The molecule has 1 unspecified atom stereocenters. The van der Waals surface area contributed by atoms with Crippen LogP contribution in [0.1, 0.15) is 12.5 Å². The van der Waals surface area contributed by atoms with E-state index < -0.39 is 16.3 Å². The summed E-state index contributed by atoms with van der Waals surface area (Å²) in [6.45, 7) is 2.10. The highest BCUT2D eigenvalue weighted by Gasteiger charge is 2.47. The number of hydrogen-bond donors (Lipinski definition) is 1. The molecule has 0 radical (unpaired) electrons. The molecule has 1 atom stereocenters. The summed E-state index contributed by atoms with van der Waals surface area (Å²) in [5.74, 6) is -1.06. The summed E-state index contributed by atoms with van der Waals surface area (Å²) in [6.07, 6.45) is 7.09. The maximum Gasteiger partial charge on any atom is 0.334 e. The first-order valence-electron chi connectivity index (χ1n) is 6.78. The van der Waals surface area contributed by atoms with E-state index in [9.17, 15) is 20.0 Å². The molecule has 3 rings (SSSR count). The van der Waals surface area contributed by atoms with Gasteiger partial charge in [-0.25, -0.2) is 4.79 Å². The van der Waals surface area contributed by atoms with E-state index >= 15 is 0 Å². The van der Waals surface area contributed by atoms with Crippen molar-refractivity contribution in [2.75, 3.05) is 6.54 Å². The number of benzene rings is 1. The quantitative estimate of drug-likeness (QED) is 0.685. The maximum atomic E-state index is 11.8. The summed E-state index contributed by atoms with van der Waals surface area (Å²) in [4.78, 5) is 24.5. The van der Waals surface area contributed by atoms with Crippen LogP contribution in [-0.2, 0) is 10.2 Å². The lowest BCUT2D eigenvalue weighted by molar-refractivity contribution is -0.386. The monoisotopic (exact) mass is 298 g/mol. The molecule has 2 aliphatic heterocycles. The highest BCUT2D eigenvalue weighted by atomic mass is 16.6. The second-order valence-corrected chi connectivity index (χ2v) is 5.50. The van der Waals surface area contributed by atoms with E-state index in [4.69, 9.17) is 0 Å². The van der Waals surface area contributed by atoms with E-state index in [0.717, 1.165) is 0 Å². The Morgan fingerprint density at radius 1 is 1.36 bits per heavy atom. The SMILES string of the molecule is CC1(c2ccccc2[N+](=O)[O-])CN2C=CC=CC2=C1C(=O)O. The molecule has 112 valence electrons. The number of nitrogens with zero attached hydrogens (tertiary/aromatic N) is 2.